The summed E-state index contributed by atoms with van der Waals surface area (Å²) in [4.78, 5) is 16.0. The van der Waals surface area contributed by atoms with E-state index in [2.05, 4.69) is 34.2 Å². The van der Waals surface area contributed by atoms with E-state index in [1.165, 1.54) is 13.2 Å². The lowest BCUT2D eigenvalue weighted by atomic mass is 10.2. The van der Waals surface area contributed by atoms with Crippen molar-refractivity contribution in [3.8, 4) is 11.5 Å². The zero-order valence-electron chi connectivity index (χ0n) is 12.6. The molecule has 0 aliphatic carbocycles. The number of benzene rings is 1. The number of pyridine rings is 1. The number of hydrogen-bond acceptors (Lipinski definition) is 5. The molecule has 1 heterocycles. The standard InChI is InChI=1S/C17H16INO4/c1-3-7-22-17(20)13-8-14(18)16(15(9-13)21-2)23-11-12-5-4-6-19-10-12/h3-6,8-10H,1,7,11H2,2H3. The molecule has 23 heavy (non-hydrogen) atoms. The van der Waals surface area contributed by atoms with Gasteiger partial charge in [-0.15, -0.1) is 0 Å². The van der Waals surface area contributed by atoms with E-state index in [9.17, 15) is 4.79 Å². The van der Waals surface area contributed by atoms with Crippen LogP contribution in [0.5, 0.6) is 11.5 Å². The summed E-state index contributed by atoms with van der Waals surface area (Å²) in [5, 5.41) is 0. The number of hydrogen-bond donors (Lipinski definition) is 0. The molecule has 0 fully saturated rings. The maximum atomic E-state index is 11.9. The van der Waals surface area contributed by atoms with E-state index < -0.39 is 5.97 Å². The predicted molar refractivity (Wildman–Crippen MR) is 94.8 cm³/mol. The first-order valence-electron chi connectivity index (χ1n) is 6.83. The molecule has 0 bridgehead atoms. The molecule has 1 aromatic carbocycles. The molecule has 0 saturated heterocycles. The molecule has 2 aromatic rings. The lowest BCUT2D eigenvalue weighted by molar-refractivity contribution is 0.0549. The van der Waals surface area contributed by atoms with Gasteiger partial charge in [0.25, 0.3) is 0 Å². The molecule has 0 amide bonds. The fraction of sp³-hybridized carbons (Fsp3) is 0.176. The van der Waals surface area contributed by atoms with Gasteiger partial charge in [-0.2, -0.15) is 0 Å². The Labute approximate surface area is 148 Å². The van der Waals surface area contributed by atoms with Crippen molar-refractivity contribution in [2.24, 2.45) is 0 Å². The number of halogens is 1. The summed E-state index contributed by atoms with van der Waals surface area (Å²) in [6.45, 7) is 4.04. The van der Waals surface area contributed by atoms with E-state index in [1.54, 1.807) is 24.5 Å². The molecule has 0 unspecified atom stereocenters. The lowest BCUT2D eigenvalue weighted by Gasteiger charge is -2.14. The first-order valence-corrected chi connectivity index (χ1v) is 7.90. The Hall–Kier alpha value is -2.09. The van der Waals surface area contributed by atoms with E-state index in [0.717, 1.165) is 9.13 Å². The predicted octanol–water partition coefficient (Wildman–Crippen LogP) is 3.62. The first kappa shape index (κ1) is 17.3. The average Bonchev–Trinajstić information content (AvgIpc) is 2.58. The van der Waals surface area contributed by atoms with Crippen LogP contribution in [-0.4, -0.2) is 24.7 Å². The third kappa shape index (κ3) is 4.69. The summed E-state index contributed by atoms with van der Waals surface area (Å²) in [5.74, 6) is 0.628. The van der Waals surface area contributed by atoms with Crippen LogP contribution < -0.4 is 9.47 Å². The van der Waals surface area contributed by atoms with E-state index in [0.29, 0.717) is 23.7 Å². The zero-order chi connectivity index (χ0) is 16.7. The van der Waals surface area contributed by atoms with Gasteiger partial charge in [-0.1, -0.05) is 18.7 Å². The summed E-state index contributed by atoms with van der Waals surface area (Å²) < 4.78 is 17.0. The number of carbonyl (C=O) groups is 1. The highest BCUT2D eigenvalue weighted by Gasteiger charge is 2.16. The summed E-state index contributed by atoms with van der Waals surface area (Å²) in [6, 6.07) is 7.08. The van der Waals surface area contributed by atoms with Gasteiger partial charge in [0.2, 0.25) is 0 Å². The third-order valence-electron chi connectivity index (χ3n) is 2.90. The molecular weight excluding hydrogens is 409 g/mol. The van der Waals surface area contributed by atoms with Crippen molar-refractivity contribution >= 4 is 28.6 Å². The summed E-state index contributed by atoms with van der Waals surface area (Å²) in [6.07, 6.45) is 4.96. The number of rotatable bonds is 7. The number of carbonyl (C=O) groups excluding carboxylic acids is 1. The number of aromatic nitrogens is 1. The van der Waals surface area contributed by atoms with Crippen molar-refractivity contribution < 1.29 is 19.0 Å². The molecule has 0 saturated carbocycles. The fourth-order valence-corrected chi connectivity index (χ4v) is 2.59. The van der Waals surface area contributed by atoms with Gasteiger partial charge in [0.05, 0.1) is 16.2 Å². The highest BCUT2D eigenvalue weighted by molar-refractivity contribution is 14.1. The van der Waals surface area contributed by atoms with Crippen molar-refractivity contribution in [3.05, 3.63) is 64.0 Å². The van der Waals surface area contributed by atoms with Crippen LogP contribution in [0.15, 0.2) is 49.3 Å². The molecule has 0 aliphatic rings. The maximum absolute atomic E-state index is 11.9. The molecule has 0 spiro atoms. The topological polar surface area (TPSA) is 57.7 Å². The average molecular weight is 425 g/mol. The first-order chi connectivity index (χ1) is 11.2. The largest absolute Gasteiger partial charge is 0.493 e. The maximum Gasteiger partial charge on any atom is 0.338 e. The van der Waals surface area contributed by atoms with Gasteiger partial charge in [0, 0.05) is 18.0 Å². The smallest absolute Gasteiger partial charge is 0.338 e. The minimum Gasteiger partial charge on any atom is -0.493 e. The molecule has 0 atom stereocenters. The van der Waals surface area contributed by atoms with Crippen LogP contribution in [0.1, 0.15) is 15.9 Å². The molecule has 6 heteroatoms. The van der Waals surface area contributed by atoms with Crippen LogP contribution in [0.2, 0.25) is 0 Å². The van der Waals surface area contributed by atoms with Crippen molar-refractivity contribution in [2.75, 3.05) is 13.7 Å². The van der Waals surface area contributed by atoms with Crippen molar-refractivity contribution in [1.29, 1.82) is 0 Å². The van der Waals surface area contributed by atoms with Crippen molar-refractivity contribution in [2.45, 2.75) is 6.61 Å². The Kier molecular flexibility index (Phi) is 6.40. The van der Waals surface area contributed by atoms with Crippen LogP contribution in [0.25, 0.3) is 0 Å². The Morgan fingerprint density at radius 3 is 2.91 bits per heavy atom. The van der Waals surface area contributed by atoms with Crippen LogP contribution in [0.4, 0.5) is 0 Å². The molecule has 0 radical (unpaired) electrons. The number of ether oxygens (including phenoxy) is 3. The fourth-order valence-electron chi connectivity index (χ4n) is 1.83. The minimum absolute atomic E-state index is 0.164. The third-order valence-corrected chi connectivity index (χ3v) is 3.70. The van der Waals surface area contributed by atoms with Gasteiger partial charge in [-0.05, 0) is 40.8 Å². The second-order valence-electron chi connectivity index (χ2n) is 4.53. The second kappa shape index (κ2) is 8.52. The normalized spacial score (nSPS) is 10.0. The monoisotopic (exact) mass is 425 g/mol. The van der Waals surface area contributed by atoms with Gasteiger partial charge in [0.1, 0.15) is 13.2 Å². The highest BCUT2D eigenvalue weighted by Crippen LogP contribution is 2.34. The van der Waals surface area contributed by atoms with Crippen LogP contribution >= 0.6 is 22.6 Å². The Bertz CT molecular complexity index is 688. The van der Waals surface area contributed by atoms with Crippen LogP contribution in [0.3, 0.4) is 0 Å². The highest BCUT2D eigenvalue weighted by atomic mass is 127. The Morgan fingerprint density at radius 2 is 2.26 bits per heavy atom. The number of methoxy groups -OCH3 is 1. The summed E-state index contributed by atoms with van der Waals surface area (Å²) in [5.41, 5.74) is 1.35. The zero-order valence-corrected chi connectivity index (χ0v) is 14.8. The van der Waals surface area contributed by atoms with Gasteiger partial charge >= 0.3 is 5.97 Å². The minimum atomic E-state index is -0.431. The molecule has 120 valence electrons. The molecule has 0 aliphatic heterocycles. The number of esters is 1. The van der Waals surface area contributed by atoms with E-state index in [1.807, 2.05) is 12.1 Å². The summed E-state index contributed by atoms with van der Waals surface area (Å²) in [7, 11) is 1.53. The van der Waals surface area contributed by atoms with Crippen LogP contribution in [0, 0.1) is 3.57 Å². The van der Waals surface area contributed by atoms with Crippen LogP contribution in [-0.2, 0) is 11.3 Å². The van der Waals surface area contributed by atoms with Gasteiger partial charge in [0.15, 0.2) is 11.5 Å². The van der Waals surface area contributed by atoms with Gasteiger partial charge < -0.3 is 14.2 Å². The molecule has 5 nitrogen and oxygen atoms in total. The van der Waals surface area contributed by atoms with E-state index >= 15 is 0 Å². The lowest BCUT2D eigenvalue weighted by Crippen LogP contribution is -2.07. The number of nitrogens with zero attached hydrogens (tertiary/aromatic N) is 1. The van der Waals surface area contributed by atoms with Crippen molar-refractivity contribution in [3.63, 3.8) is 0 Å². The molecule has 0 N–H and O–H groups in total. The van der Waals surface area contributed by atoms with E-state index in [-0.39, 0.29) is 6.61 Å². The quantitative estimate of drug-likeness (QED) is 0.386. The molecular formula is C17H16INO4. The van der Waals surface area contributed by atoms with Gasteiger partial charge in [-0.3, -0.25) is 4.98 Å². The Balaban J connectivity index is 2.19. The molecule has 2 rings (SSSR count). The van der Waals surface area contributed by atoms with Gasteiger partial charge in [-0.25, -0.2) is 4.79 Å². The van der Waals surface area contributed by atoms with E-state index in [4.69, 9.17) is 14.2 Å². The SMILES string of the molecule is C=CCOC(=O)c1cc(I)c(OCc2cccnc2)c(OC)c1. The summed E-state index contributed by atoms with van der Waals surface area (Å²) >= 11 is 2.10. The Morgan fingerprint density at radius 1 is 1.43 bits per heavy atom. The molecule has 1 aromatic heterocycles. The second-order valence-corrected chi connectivity index (χ2v) is 5.69. The van der Waals surface area contributed by atoms with Crippen molar-refractivity contribution in [1.82, 2.24) is 4.98 Å².